The molecule has 0 heterocycles. The van der Waals surface area contributed by atoms with E-state index in [9.17, 15) is 18.0 Å². The third-order valence-corrected chi connectivity index (χ3v) is 2.83. The van der Waals surface area contributed by atoms with Crippen molar-refractivity contribution in [1.82, 2.24) is 0 Å². The van der Waals surface area contributed by atoms with Crippen molar-refractivity contribution in [3.05, 3.63) is 58.6 Å². The first-order chi connectivity index (χ1) is 9.77. The minimum Gasteiger partial charge on any atom is -0.478 e. The summed E-state index contributed by atoms with van der Waals surface area (Å²) in [5.41, 5.74) is -1.62. The first kappa shape index (κ1) is 15.2. The van der Waals surface area contributed by atoms with Crippen molar-refractivity contribution >= 4 is 17.6 Å². The van der Waals surface area contributed by atoms with E-state index in [0.29, 0.717) is 11.1 Å². The molecule has 3 nitrogen and oxygen atoms in total. The molecular weight excluding hydrogens is 309 g/mol. The minimum absolute atomic E-state index is 0.183. The number of hydrogen-bond donors (Lipinski definition) is 1. The van der Waals surface area contributed by atoms with E-state index in [-0.39, 0.29) is 11.5 Å². The SMILES string of the molecule is O=C(O)c1cc(C(F)(F)F)ccc1Oc1ccc(Cl)cc1. The van der Waals surface area contributed by atoms with E-state index < -0.39 is 23.3 Å². The lowest BCUT2D eigenvalue weighted by Gasteiger charge is -2.12. The number of benzene rings is 2. The van der Waals surface area contributed by atoms with Gasteiger partial charge in [-0.1, -0.05) is 11.6 Å². The summed E-state index contributed by atoms with van der Waals surface area (Å²) in [5, 5.41) is 9.46. The molecule has 2 rings (SSSR count). The van der Waals surface area contributed by atoms with Gasteiger partial charge in [-0.3, -0.25) is 0 Å². The van der Waals surface area contributed by atoms with Crippen molar-refractivity contribution in [2.45, 2.75) is 6.18 Å². The monoisotopic (exact) mass is 316 g/mol. The highest BCUT2D eigenvalue weighted by Crippen LogP contribution is 2.34. The Kier molecular flexibility index (Phi) is 4.09. The van der Waals surface area contributed by atoms with Gasteiger partial charge >= 0.3 is 12.1 Å². The highest BCUT2D eigenvalue weighted by atomic mass is 35.5. The van der Waals surface area contributed by atoms with Crippen molar-refractivity contribution in [2.24, 2.45) is 0 Å². The summed E-state index contributed by atoms with van der Waals surface area (Å²) >= 11 is 5.69. The number of hydrogen-bond acceptors (Lipinski definition) is 2. The largest absolute Gasteiger partial charge is 0.478 e. The second kappa shape index (κ2) is 5.65. The second-order valence-corrected chi connectivity index (χ2v) is 4.51. The van der Waals surface area contributed by atoms with Crippen LogP contribution in [0.25, 0.3) is 0 Å². The van der Waals surface area contributed by atoms with E-state index in [1.165, 1.54) is 24.3 Å². The fourth-order valence-corrected chi connectivity index (χ4v) is 1.72. The van der Waals surface area contributed by atoms with Gasteiger partial charge in [-0.05, 0) is 42.5 Å². The summed E-state index contributed by atoms with van der Waals surface area (Å²) in [7, 11) is 0. The molecule has 0 spiro atoms. The summed E-state index contributed by atoms with van der Waals surface area (Å²) in [6, 6.07) is 8.26. The summed E-state index contributed by atoms with van der Waals surface area (Å²) in [4.78, 5) is 11.1. The van der Waals surface area contributed by atoms with E-state index in [0.717, 1.165) is 12.1 Å². The van der Waals surface area contributed by atoms with Gasteiger partial charge < -0.3 is 9.84 Å². The van der Waals surface area contributed by atoms with Crippen LogP contribution in [0.3, 0.4) is 0 Å². The smallest absolute Gasteiger partial charge is 0.416 e. The number of aromatic carboxylic acids is 1. The maximum absolute atomic E-state index is 12.6. The van der Waals surface area contributed by atoms with Crippen LogP contribution in [-0.4, -0.2) is 11.1 Å². The van der Waals surface area contributed by atoms with Crippen LogP contribution in [0.4, 0.5) is 13.2 Å². The zero-order valence-corrected chi connectivity index (χ0v) is 11.1. The first-order valence-corrected chi connectivity index (χ1v) is 6.03. The second-order valence-electron chi connectivity index (χ2n) is 4.07. The Morgan fingerprint density at radius 1 is 1.10 bits per heavy atom. The van der Waals surface area contributed by atoms with Crippen molar-refractivity contribution < 1.29 is 27.8 Å². The van der Waals surface area contributed by atoms with Crippen LogP contribution in [0, 0.1) is 0 Å². The predicted molar refractivity (Wildman–Crippen MR) is 69.9 cm³/mol. The van der Waals surface area contributed by atoms with E-state index in [4.69, 9.17) is 21.4 Å². The van der Waals surface area contributed by atoms with E-state index in [1.807, 2.05) is 0 Å². The number of carboxylic acid groups (broad SMARTS) is 1. The quantitative estimate of drug-likeness (QED) is 0.880. The van der Waals surface area contributed by atoms with E-state index in [1.54, 1.807) is 0 Å². The van der Waals surface area contributed by atoms with Gasteiger partial charge in [0.1, 0.15) is 17.1 Å². The average Bonchev–Trinajstić information content (AvgIpc) is 2.40. The molecule has 2 aromatic rings. The summed E-state index contributed by atoms with van der Waals surface area (Å²) in [5.74, 6) is -1.43. The molecule has 0 saturated heterocycles. The molecule has 1 N–H and O–H groups in total. The Morgan fingerprint density at radius 3 is 2.24 bits per heavy atom. The van der Waals surface area contributed by atoms with Gasteiger partial charge in [-0.15, -0.1) is 0 Å². The molecule has 0 aliphatic rings. The zero-order valence-electron chi connectivity index (χ0n) is 10.3. The molecule has 0 unspecified atom stereocenters. The van der Waals surface area contributed by atoms with Gasteiger partial charge in [0.2, 0.25) is 0 Å². The van der Waals surface area contributed by atoms with Crippen LogP contribution in [0.5, 0.6) is 11.5 Å². The minimum atomic E-state index is -4.62. The summed E-state index contributed by atoms with van der Waals surface area (Å²) < 4.78 is 43.0. The predicted octanol–water partition coefficient (Wildman–Crippen LogP) is 4.85. The molecule has 2 aromatic carbocycles. The topological polar surface area (TPSA) is 46.5 Å². The van der Waals surface area contributed by atoms with Crippen molar-refractivity contribution in [3.63, 3.8) is 0 Å². The van der Waals surface area contributed by atoms with Crippen LogP contribution >= 0.6 is 11.6 Å². The number of carboxylic acids is 1. The third-order valence-electron chi connectivity index (χ3n) is 2.58. The number of halogens is 4. The Hall–Kier alpha value is -2.21. The molecule has 0 aromatic heterocycles. The van der Waals surface area contributed by atoms with Gasteiger partial charge in [0.15, 0.2) is 0 Å². The van der Waals surface area contributed by atoms with Crippen molar-refractivity contribution in [1.29, 1.82) is 0 Å². The normalized spacial score (nSPS) is 11.2. The molecule has 0 amide bonds. The molecule has 0 saturated carbocycles. The molecule has 0 atom stereocenters. The fraction of sp³-hybridized carbons (Fsp3) is 0.0714. The fourth-order valence-electron chi connectivity index (χ4n) is 1.59. The molecular formula is C14H8ClF3O3. The van der Waals surface area contributed by atoms with Crippen LogP contribution in [-0.2, 0) is 6.18 Å². The molecule has 7 heteroatoms. The Labute approximate surface area is 122 Å². The van der Waals surface area contributed by atoms with Crippen molar-refractivity contribution in [3.8, 4) is 11.5 Å². The lowest BCUT2D eigenvalue weighted by molar-refractivity contribution is -0.137. The Balaban J connectivity index is 2.39. The maximum atomic E-state index is 12.6. The van der Waals surface area contributed by atoms with Gasteiger partial charge in [0, 0.05) is 5.02 Å². The van der Waals surface area contributed by atoms with E-state index in [2.05, 4.69) is 0 Å². The third kappa shape index (κ3) is 3.66. The van der Waals surface area contributed by atoms with Crippen LogP contribution < -0.4 is 4.74 Å². The molecule has 0 fully saturated rings. The van der Waals surface area contributed by atoms with Crippen LogP contribution in [0.1, 0.15) is 15.9 Å². The molecule has 21 heavy (non-hydrogen) atoms. The van der Waals surface area contributed by atoms with Gasteiger partial charge in [0.25, 0.3) is 0 Å². The standard InChI is InChI=1S/C14H8ClF3O3/c15-9-2-4-10(5-3-9)21-12-6-1-8(14(16,17)18)7-11(12)13(19)20/h1-7H,(H,19,20). The van der Waals surface area contributed by atoms with Gasteiger partial charge in [-0.2, -0.15) is 13.2 Å². The highest BCUT2D eigenvalue weighted by Gasteiger charge is 2.32. The maximum Gasteiger partial charge on any atom is 0.416 e. The first-order valence-electron chi connectivity index (χ1n) is 5.65. The number of carbonyl (C=O) groups is 1. The Bertz CT molecular complexity index is 666. The average molecular weight is 317 g/mol. The number of alkyl halides is 3. The number of ether oxygens (including phenoxy) is 1. The molecule has 0 radical (unpaired) electrons. The highest BCUT2D eigenvalue weighted by molar-refractivity contribution is 6.30. The van der Waals surface area contributed by atoms with Gasteiger partial charge in [-0.25, -0.2) is 4.79 Å². The van der Waals surface area contributed by atoms with Crippen LogP contribution in [0.2, 0.25) is 5.02 Å². The molecule has 0 bridgehead atoms. The Morgan fingerprint density at radius 2 is 1.71 bits per heavy atom. The lowest BCUT2D eigenvalue weighted by atomic mass is 10.1. The summed E-state index contributed by atoms with van der Waals surface area (Å²) in [6.07, 6.45) is -4.62. The summed E-state index contributed by atoms with van der Waals surface area (Å²) in [6.45, 7) is 0. The number of rotatable bonds is 3. The molecule has 0 aliphatic heterocycles. The molecule has 110 valence electrons. The van der Waals surface area contributed by atoms with Crippen molar-refractivity contribution in [2.75, 3.05) is 0 Å². The lowest BCUT2D eigenvalue weighted by Crippen LogP contribution is -2.08. The van der Waals surface area contributed by atoms with Crippen LogP contribution in [0.15, 0.2) is 42.5 Å². The van der Waals surface area contributed by atoms with E-state index >= 15 is 0 Å². The zero-order chi connectivity index (χ0) is 15.6. The molecule has 0 aliphatic carbocycles. The van der Waals surface area contributed by atoms with Gasteiger partial charge in [0.05, 0.1) is 5.56 Å².